The standard InChI is InChI=1S/C10H8FN5O/c11-8-3-1-7(2-4-8)5-12-15-10-14-9(17)6-13-16-10/h1-6H,(H2,14,15,16,17)/b12-5-. The van der Waals surface area contributed by atoms with Crippen molar-refractivity contribution in [2.24, 2.45) is 5.10 Å². The lowest BCUT2D eigenvalue weighted by Crippen LogP contribution is -2.10. The monoisotopic (exact) mass is 233 g/mol. The largest absolute Gasteiger partial charge is 0.289 e. The molecular weight excluding hydrogens is 225 g/mol. The Morgan fingerprint density at radius 2 is 2.12 bits per heavy atom. The highest BCUT2D eigenvalue weighted by Crippen LogP contribution is 1.99. The van der Waals surface area contributed by atoms with Gasteiger partial charge in [-0.2, -0.15) is 5.10 Å². The Morgan fingerprint density at radius 3 is 2.82 bits per heavy atom. The molecule has 1 heterocycles. The zero-order chi connectivity index (χ0) is 12.1. The molecule has 0 amide bonds. The predicted octanol–water partition coefficient (Wildman–Crippen LogP) is 0.750. The number of hydrogen-bond donors (Lipinski definition) is 2. The average Bonchev–Trinajstić information content (AvgIpc) is 2.32. The normalized spacial score (nSPS) is 10.6. The van der Waals surface area contributed by atoms with E-state index in [0.29, 0.717) is 5.56 Å². The van der Waals surface area contributed by atoms with E-state index >= 15 is 0 Å². The van der Waals surface area contributed by atoms with Gasteiger partial charge in [0.05, 0.1) is 6.21 Å². The van der Waals surface area contributed by atoms with Crippen molar-refractivity contribution in [2.75, 3.05) is 5.43 Å². The molecule has 0 fully saturated rings. The van der Waals surface area contributed by atoms with Gasteiger partial charge in [-0.15, -0.1) is 10.2 Å². The van der Waals surface area contributed by atoms with Gasteiger partial charge in [-0.25, -0.2) is 9.82 Å². The number of benzene rings is 1. The van der Waals surface area contributed by atoms with Gasteiger partial charge in [0.1, 0.15) is 12.0 Å². The van der Waals surface area contributed by atoms with Gasteiger partial charge >= 0.3 is 0 Å². The minimum absolute atomic E-state index is 0.135. The van der Waals surface area contributed by atoms with E-state index in [-0.39, 0.29) is 17.3 Å². The molecule has 17 heavy (non-hydrogen) atoms. The third kappa shape index (κ3) is 3.20. The predicted molar refractivity (Wildman–Crippen MR) is 60.3 cm³/mol. The van der Waals surface area contributed by atoms with Crippen LogP contribution in [0.3, 0.4) is 0 Å². The molecule has 0 aliphatic carbocycles. The first-order chi connectivity index (χ1) is 8.24. The molecule has 0 radical (unpaired) electrons. The van der Waals surface area contributed by atoms with Gasteiger partial charge in [0, 0.05) is 0 Å². The van der Waals surface area contributed by atoms with E-state index in [4.69, 9.17) is 0 Å². The molecule has 0 atom stereocenters. The second-order valence-corrected chi connectivity index (χ2v) is 3.10. The summed E-state index contributed by atoms with van der Waals surface area (Å²) in [5.74, 6) is -0.177. The molecule has 7 heteroatoms. The van der Waals surface area contributed by atoms with Crippen LogP contribution in [0.25, 0.3) is 0 Å². The minimum atomic E-state index is -0.375. The number of hydrazone groups is 1. The summed E-state index contributed by atoms with van der Waals surface area (Å²) < 4.78 is 12.6. The van der Waals surface area contributed by atoms with Crippen LogP contribution < -0.4 is 11.0 Å². The van der Waals surface area contributed by atoms with Gasteiger partial charge in [-0.3, -0.25) is 9.78 Å². The maximum Gasteiger partial charge on any atom is 0.271 e. The molecule has 6 nitrogen and oxygen atoms in total. The Labute approximate surface area is 95.2 Å². The smallest absolute Gasteiger partial charge is 0.271 e. The van der Waals surface area contributed by atoms with Crippen LogP contribution in [-0.2, 0) is 0 Å². The van der Waals surface area contributed by atoms with Crippen molar-refractivity contribution < 1.29 is 4.39 Å². The lowest BCUT2D eigenvalue weighted by molar-refractivity contribution is 0.628. The first-order valence-corrected chi connectivity index (χ1v) is 4.71. The first-order valence-electron chi connectivity index (χ1n) is 4.71. The number of halogens is 1. The molecule has 2 N–H and O–H groups in total. The van der Waals surface area contributed by atoms with Crippen LogP contribution in [0.5, 0.6) is 0 Å². The van der Waals surface area contributed by atoms with Crippen molar-refractivity contribution in [1.29, 1.82) is 0 Å². The maximum atomic E-state index is 12.6. The van der Waals surface area contributed by atoms with Crippen LogP contribution in [0.1, 0.15) is 5.56 Å². The number of aromatic nitrogens is 3. The van der Waals surface area contributed by atoms with E-state index in [9.17, 15) is 9.18 Å². The molecule has 0 unspecified atom stereocenters. The van der Waals surface area contributed by atoms with Crippen LogP contribution >= 0.6 is 0 Å². The van der Waals surface area contributed by atoms with Crippen molar-refractivity contribution in [2.45, 2.75) is 0 Å². The summed E-state index contributed by atoms with van der Waals surface area (Å²) in [6, 6.07) is 5.79. The number of hydrogen-bond acceptors (Lipinski definition) is 5. The third-order valence-electron chi connectivity index (χ3n) is 1.83. The Bertz CT molecular complexity index is 578. The molecule has 0 spiro atoms. The van der Waals surface area contributed by atoms with Gasteiger partial charge in [-0.05, 0) is 17.7 Å². The molecule has 2 aromatic rings. The SMILES string of the molecule is O=c1cnnc(N/N=C\c2ccc(F)cc2)[nH]1. The molecule has 1 aromatic carbocycles. The average molecular weight is 233 g/mol. The van der Waals surface area contributed by atoms with Gasteiger partial charge in [-0.1, -0.05) is 12.1 Å². The summed E-state index contributed by atoms with van der Waals surface area (Å²) in [7, 11) is 0. The molecule has 0 aliphatic rings. The second kappa shape index (κ2) is 4.97. The molecule has 2 rings (SSSR count). The van der Waals surface area contributed by atoms with E-state index in [2.05, 4.69) is 25.7 Å². The first kappa shape index (κ1) is 10.9. The number of nitrogens with one attached hydrogen (secondary N) is 2. The van der Waals surface area contributed by atoms with Crippen molar-refractivity contribution in [3.63, 3.8) is 0 Å². The highest BCUT2D eigenvalue weighted by atomic mass is 19.1. The lowest BCUT2D eigenvalue weighted by Gasteiger charge is -1.96. The van der Waals surface area contributed by atoms with Gasteiger partial charge in [0.2, 0.25) is 5.95 Å². The van der Waals surface area contributed by atoms with Crippen LogP contribution in [0.4, 0.5) is 10.3 Å². The summed E-state index contributed by atoms with van der Waals surface area (Å²) >= 11 is 0. The van der Waals surface area contributed by atoms with Crippen LogP contribution in [-0.4, -0.2) is 21.4 Å². The molecule has 0 aliphatic heterocycles. The van der Waals surface area contributed by atoms with Crippen LogP contribution in [0.15, 0.2) is 40.4 Å². The number of nitrogens with zero attached hydrogens (tertiary/aromatic N) is 3. The summed E-state index contributed by atoms with van der Waals surface area (Å²) in [6.07, 6.45) is 2.52. The van der Waals surface area contributed by atoms with E-state index in [1.54, 1.807) is 12.1 Å². The zero-order valence-electron chi connectivity index (χ0n) is 8.59. The molecule has 0 saturated heterocycles. The number of rotatable bonds is 3. The maximum absolute atomic E-state index is 12.6. The lowest BCUT2D eigenvalue weighted by atomic mass is 10.2. The highest BCUT2D eigenvalue weighted by Gasteiger charge is 1.92. The minimum Gasteiger partial charge on any atom is -0.289 e. The fourth-order valence-corrected chi connectivity index (χ4v) is 1.08. The highest BCUT2D eigenvalue weighted by molar-refractivity contribution is 5.79. The molecule has 1 aromatic heterocycles. The van der Waals surface area contributed by atoms with E-state index in [1.165, 1.54) is 18.3 Å². The second-order valence-electron chi connectivity index (χ2n) is 3.10. The number of anilines is 1. The third-order valence-corrected chi connectivity index (χ3v) is 1.83. The summed E-state index contributed by atoms with van der Waals surface area (Å²) in [5, 5.41) is 10.8. The van der Waals surface area contributed by atoms with Crippen molar-refractivity contribution in [1.82, 2.24) is 15.2 Å². The molecular formula is C10H8FN5O. The molecule has 0 bridgehead atoms. The molecule has 0 saturated carbocycles. The van der Waals surface area contributed by atoms with E-state index in [0.717, 1.165) is 6.20 Å². The Hall–Kier alpha value is -2.57. The van der Waals surface area contributed by atoms with Gasteiger partial charge < -0.3 is 0 Å². The Morgan fingerprint density at radius 1 is 1.35 bits per heavy atom. The number of aromatic amines is 1. The van der Waals surface area contributed by atoms with Crippen molar-refractivity contribution in [3.8, 4) is 0 Å². The summed E-state index contributed by atoms with van der Waals surface area (Å²) in [5.41, 5.74) is 2.83. The summed E-state index contributed by atoms with van der Waals surface area (Å²) in [4.78, 5) is 13.3. The quantitative estimate of drug-likeness (QED) is 0.605. The van der Waals surface area contributed by atoms with Crippen LogP contribution in [0, 0.1) is 5.82 Å². The Kier molecular flexibility index (Phi) is 3.20. The van der Waals surface area contributed by atoms with E-state index < -0.39 is 0 Å². The fraction of sp³-hybridized carbons (Fsp3) is 0. The summed E-state index contributed by atoms with van der Waals surface area (Å²) in [6.45, 7) is 0. The number of H-pyrrole nitrogens is 1. The van der Waals surface area contributed by atoms with Gasteiger partial charge in [0.15, 0.2) is 0 Å². The van der Waals surface area contributed by atoms with Crippen LogP contribution in [0.2, 0.25) is 0 Å². The zero-order valence-corrected chi connectivity index (χ0v) is 8.59. The Balaban J connectivity index is 2.02. The van der Waals surface area contributed by atoms with Crippen molar-refractivity contribution in [3.05, 3.63) is 52.2 Å². The van der Waals surface area contributed by atoms with Crippen molar-refractivity contribution >= 4 is 12.2 Å². The molecule has 86 valence electrons. The van der Waals surface area contributed by atoms with Gasteiger partial charge in [0.25, 0.3) is 5.56 Å². The fourth-order valence-electron chi connectivity index (χ4n) is 1.08. The topological polar surface area (TPSA) is 83.0 Å². The van der Waals surface area contributed by atoms with E-state index in [1.807, 2.05) is 0 Å².